The molecule has 2 aromatic carbocycles. The number of amides is 2. The zero-order valence-corrected chi connectivity index (χ0v) is 15.5. The fourth-order valence-electron chi connectivity index (χ4n) is 3.32. The molecule has 1 fully saturated rings. The van der Waals surface area contributed by atoms with Crippen LogP contribution in [-0.2, 0) is 11.3 Å². The summed E-state index contributed by atoms with van der Waals surface area (Å²) in [4.78, 5) is 40.7. The molecule has 2 heterocycles. The van der Waals surface area contributed by atoms with Crippen molar-refractivity contribution in [3.63, 3.8) is 0 Å². The van der Waals surface area contributed by atoms with Gasteiger partial charge in [0, 0.05) is 31.7 Å². The number of nitrogens with zero attached hydrogens (tertiary/aromatic N) is 5. The lowest BCUT2D eigenvalue weighted by Gasteiger charge is -2.34. The largest absolute Gasteiger partial charge is 0.338 e. The summed E-state index contributed by atoms with van der Waals surface area (Å²) in [6.07, 6.45) is 0. The van der Waals surface area contributed by atoms with Gasteiger partial charge in [-0.2, -0.15) is 0 Å². The molecule has 0 N–H and O–H groups in total. The summed E-state index contributed by atoms with van der Waals surface area (Å²) in [5.41, 5.74) is 0.386. The first-order valence-electron chi connectivity index (χ1n) is 9.18. The third-order valence-corrected chi connectivity index (χ3v) is 4.91. The fraction of sp³-hybridized carbons (Fsp3) is 0.250. The van der Waals surface area contributed by atoms with Crippen molar-refractivity contribution in [2.75, 3.05) is 26.2 Å². The standard InChI is InChI=1S/C20H18FN5O3/c21-15-5-3-4-14(12-15)19(28)25-10-8-24(9-11-25)18(27)13-26-20(29)16-6-1-2-7-17(16)22-23-26/h1-7,12H,8-11,13H2. The number of aromatic nitrogens is 3. The van der Waals surface area contributed by atoms with Gasteiger partial charge in [0.25, 0.3) is 11.5 Å². The zero-order chi connectivity index (χ0) is 20.4. The first-order valence-corrected chi connectivity index (χ1v) is 9.18. The van der Waals surface area contributed by atoms with Gasteiger partial charge in [-0.25, -0.2) is 9.07 Å². The predicted octanol–water partition coefficient (Wildman–Crippen LogP) is 0.915. The topological polar surface area (TPSA) is 88.4 Å². The van der Waals surface area contributed by atoms with Crippen molar-refractivity contribution >= 4 is 22.7 Å². The molecule has 8 nitrogen and oxygen atoms in total. The summed E-state index contributed by atoms with van der Waals surface area (Å²) < 4.78 is 14.4. The van der Waals surface area contributed by atoms with Crippen molar-refractivity contribution in [2.45, 2.75) is 6.54 Å². The highest BCUT2D eigenvalue weighted by Gasteiger charge is 2.25. The Morgan fingerprint density at radius 2 is 1.69 bits per heavy atom. The van der Waals surface area contributed by atoms with Crippen LogP contribution in [0.1, 0.15) is 10.4 Å². The molecule has 148 valence electrons. The molecule has 0 aliphatic carbocycles. The van der Waals surface area contributed by atoms with E-state index in [2.05, 4.69) is 10.3 Å². The van der Waals surface area contributed by atoms with Crippen LogP contribution in [0.3, 0.4) is 0 Å². The van der Waals surface area contributed by atoms with E-state index >= 15 is 0 Å². The highest BCUT2D eigenvalue weighted by Crippen LogP contribution is 2.11. The molecule has 29 heavy (non-hydrogen) atoms. The number of rotatable bonds is 3. The number of carbonyl (C=O) groups excluding carboxylic acids is 2. The molecule has 4 rings (SSSR count). The molecular formula is C20H18FN5O3. The smallest absolute Gasteiger partial charge is 0.278 e. The maximum absolute atomic E-state index is 13.3. The van der Waals surface area contributed by atoms with Gasteiger partial charge in [0.2, 0.25) is 5.91 Å². The van der Waals surface area contributed by atoms with Gasteiger partial charge in [-0.15, -0.1) is 5.10 Å². The van der Waals surface area contributed by atoms with Gasteiger partial charge in [0.05, 0.1) is 5.39 Å². The number of piperazine rings is 1. The van der Waals surface area contributed by atoms with Gasteiger partial charge in [0.1, 0.15) is 17.9 Å². The molecule has 0 saturated carbocycles. The highest BCUT2D eigenvalue weighted by atomic mass is 19.1. The van der Waals surface area contributed by atoms with Crippen molar-refractivity contribution in [3.8, 4) is 0 Å². The van der Waals surface area contributed by atoms with Crippen molar-refractivity contribution in [1.29, 1.82) is 0 Å². The van der Waals surface area contributed by atoms with E-state index < -0.39 is 5.82 Å². The first-order chi connectivity index (χ1) is 14.0. The second kappa shape index (κ2) is 7.78. The van der Waals surface area contributed by atoms with E-state index in [0.717, 1.165) is 4.68 Å². The Morgan fingerprint density at radius 3 is 2.45 bits per heavy atom. The third kappa shape index (κ3) is 3.84. The minimum atomic E-state index is -0.466. The number of fused-ring (bicyclic) bond motifs is 1. The second-order valence-corrected chi connectivity index (χ2v) is 6.75. The lowest BCUT2D eigenvalue weighted by atomic mass is 10.1. The molecule has 9 heteroatoms. The number of hydrogen-bond donors (Lipinski definition) is 0. The van der Waals surface area contributed by atoms with Gasteiger partial charge in [0.15, 0.2) is 0 Å². The van der Waals surface area contributed by atoms with E-state index in [1.165, 1.54) is 18.2 Å². The third-order valence-electron chi connectivity index (χ3n) is 4.91. The molecule has 0 unspecified atom stereocenters. The van der Waals surface area contributed by atoms with Crippen molar-refractivity contribution < 1.29 is 14.0 Å². The summed E-state index contributed by atoms with van der Waals surface area (Å²) in [6, 6.07) is 12.4. The van der Waals surface area contributed by atoms with E-state index in [0.29, 0.717) is 37.1 Å². The van der Waals surface area contributed by atoms with Gasteiger partial charge < -0.3 is 9.80 Å². The Morgan fingerprint density at radius 1 is 0.966 bits per heavy atom. The molecule has 0 radical (unpaired) electrons. The average Bonchev–Trinajstić information content (AvgIpc) is 2.75. The molecule has 0 atom stereocenters. The van der Waals surface area contributed by atoms with Crippen LogP contribution in [0.2, 0.25) is 0 Å². The SMILES string of the molecule is O=C(Cn1nnc2ccccc2c1=O)N1CCN(C(=O)c2cccc(F)c2)CC1. The van der Waals surface area contributed by atoms with Crippen LogP contribution < -0.4 is 5.56 Å². The van der Waals surface area contributed by atoms with Crippen LogP contribution in [0.5, 0.6) is 0 Å². The van der Waals surface area contributed by atoms with Crippen LogP contribution in [-0.4, -0.2) is 62.8 Å². The van der Waals surface area contributed by atoms with Crippen molar-refractivity contribution in [3.05, 3.63) is 70.3 Å². The Hall–Kier alpha value is -3.62. The summed E-state index contributed by atoms with van der Waals surface area (Å²) in [5, 5.41) is 8.22. The number of carbonyl (C=O) groups is 2. The van der Waals surface area contributed by atoms with Crippen LogP contribution in [0.15, 0.2) is 53.3 Å². The summed E-state index contributed by atoms with van der Waals surface area (Å²) >= 11 is 0. The molecule has 3 aromatic rings. The normalized spacial score (nSPS) is 14.2. The molecule has 2 amide bonds. The quantitative estimate of drug-likeness (QED) is 0.658. The van der Waals surface area contributed by atoms with Gasteiger partial charge in [-0.1, -0.05) is 23.4 Å². The van der Waals surface area contributed by atoms with Crippen molar-refractivity contribution in [2.24, 2.45) is 0 Å². The summed E-state index contributed by atoms with van der Waals surface area (Å²) in [5.74, 6) is -1.01. The van der Waals surface area contributed by atoms with Crippen molar-refractivity contribution in [1.82, 2.24) is 24.8 Å². The van der Waals surface area contributed by atoms with E-state index in [9.17, 15) is 18.8 Å². The Kier molecular flexibility index (Phi) is 5.03. The molecule has 0 bridgehead atoms. The van der Waals surface area contributed by atoms with E-state index in [1.807, 2.05) is 0 Å². The predicted molar refractivity (Wildman–Crippen MR) is 103 cm³/mol. The second-order valence-electron chi connectivity index (χ2n) is 6.75. The Labute approximate surface area is 165 Å². The maximum Gasteiger partial charge on any atom is 0.278 e. The monoisotopic (exact) mass is 395 g/mol. The maximum atomic E-state index is 13.3. The minimum absolute atomic E-state index is 0.214. The molecule has 1 saturated heterocycles. The first kappa shape index (κ1) is 18.7. The number of hydrogen-bond acceptors (Lipinski definition) is 5. The molecule has 1 aliphatic heterocycles. The average molecular weight is 395 g/mol. The van der Waals surface area contributed by atoms with E-state index in [1.54, 1.807) is 40.1 Å². The zero-order valence-electron chi connectivity index (χ0n) is 15.5. The highest BCUT2D eigenvalue weighted by molar-refractivity contribution is 5.94. The van der Waals surface area contributed by atoms with Crippen LogP contribution >= 0.6 is 0 Å². The molecule has 1 aromatic heterocycles. The van der Waals surface area contributed by atoms with E-state index in [-0.39, 0.29) is 29.5 Å². The van der Waals surface area contributed by atoms with E-state index in [4.69, 9.17) is 0 Å². The summed E-state index contributed by atoms with van der Waals surface area (Å²) in [7, 11) is 0. The molecular weight excluding hydrogens is 377 g/mol. The van der Waals surface area contributed by atoms with Gasteiger partial charge in [-0.3, -0.25) is 14.4 Å². The number of benzene rings is 2. The number of halogens is 1. The van der Waals surface area contributed by atoms with Crippen LogP contribution in [0.25, 0.3) is 10.9 Å². The van der Waals surface area contributed by atoms with Crippen LogP contribution in [0, 0.1) is 5.82 Å². The molecule has 1 aliphatic rings. The van der Waals surface area contributed by atoms with Crippen LogP contribution in [0.4, 0.5) is 4.39 Å². The van der Waals surface area contributed by atoms with Gasteiger partial charge >= 0.3 is 0 Å². The van der Waals surface area contributed by atoms with Gasteiger partial charge in [-0.05, 0) is 30.3 Å². The Bertz CT molecular complexity index is 1140. The Balaban J connectivity index is 1.40. The lowest BCUT2D eigenvalue weighted by molar-refractivity contribution is -0.133. The summed E-state index contributed by atoms with van der Waals surface area (Å²) in [6.45, 7) is 1.11. The molecule has 0 spiro atoms. The lowest BCUT2D eigenvalue weighted by Crippen LogP contribution is -2.51. The minimum Gasteiger partial charge on any atom is -0.338 e. The fourth-order valence-corrected chi connectivity index (χ4v) is 3.32.